The Labute approximate surface area is 124 Å². The van der Waals surface area contributed by atoms with Crippen molar-refractivity contribution in [3.8, 4) is 0 Å². The maximum absolute atomic E-state index is 2.32. The average molecular weight is 268 g/mol. The zero-order valence-electron chi connectivity index (χ0n) is 11.8. The standard InChI is InChI=1S/C21H16/c1-2-7-16(8-3-1)13-19-11-6-12-20-14-17-9-4-5-10-18(17)15-21(19)20/h1-12,14-15H,13H2. The molecule has 21 heavy (non-hydrogen) atoms. The van der Waals surface area contributed by atoms with E-state index >= 15 is 0 Å². The van der Waals surface area contributed by atoms with Gasteiger partial charge in [-0.1, -0.05) is 72.8 Å². The number of hydrogen-bond donors (Lipinski definition) is 0. The van der Waals surface area contributed by atoms with Gasteiger partial charge in [0, 0.05) is 0 Å². The fourth-order valence-corrected chi connectivity index (χ4v) is 3.00. The van der Waals surface area contributed by atoms with E-state index in [4.69, 9.17) is 0 Å². The van der Waals surface area contributed by atoms with E-state index in [1.807, 2.05) is 0 Å². The Hall–Kier alpha value is -2.60. The lowest BCUT2D eigenvalue weighted by atomic mass is 9.96. The van der Waals surface area contributed by atoms with Crippen molar-refractivity contribution >= 4 is 21.5 Å². The summed E-state index contributed by atoms with van der Waals surface area (Å²) in [7, 11) is 0. The van der Waals surface area contributed by atoms with Gasteiger partial charge in [0.25, 0.3) is 0 Å². The Morgan fingerprint density at radius 3 is 2.00 bits per heavy atom. The molecule has 100 valence electrons. The van der Waals surface area contributed by atoms with E-state index in [9.17, 15) is 0 Å². The maximum atomic E-state index is 2.32. The van der Waals surface area contributed by atoms with Crippen molar-refractivity contribution in [2.45, 2.75) is 6.42 Å². The monoisotopic (exact) mass is 268 g/mol. The first-order valence-corrected chi connectivity index (χ1v) is 7.34. The molecule has 0 saturated carbocycles. The van der Waals surface area contributed by atoms with Gasteiger partial charge in [-0.05, 0) is 51.2 Å². The average Bonchev–Trinajstić information content (AvgIpc) is 2.54. The molecule has 0 radical (unpaired) electrons. The van der Waals surface area contributed by atoms with Crippen molar-refractivity contribution in [1.29, 1.82) is 0 Å². The molecule has 0 unspecified atom stereocenters. The van der Waals surface area contributed by atoms with Gasteiger partial charge >= 0.3 is 0 Å². The summed E-state index contributed by atoms with van der Waals surface area (Å²) < 4.78 is 0. The quantitative estimate of drug-likeness (QED) is 0.416. The Kier molecular flexibility index (Phi) is 2.93. The number of hydrogen-bond acceptors (Lipinski definition) is 0. The van der Waals surface area contributed by atoms with Gasteiger partial charge in [-0.2, -0.15) is 0 Å². The minimum Gasteiger partial charge on any atom is -0.0622 e. The minimum absolute atomic E-state index is 0.983. The summed E-state index contributed by atoms with van der Waals surface area (Å²) in [5.74, 6) is 0. The van der Waals surface area contributed by atoms with Crippen LogP contribution in [0.5, 0.6) is 0 Å². The molecule has 0 atom stereocenters. The van der Waals surface area contributed by atoms with E-state index in [-0.39, 0.29) is 0 Å². The lowest BCUT2D eigenvalue weighted by Gasteiger charge is -2.09. The lowest BCUT2D eigenvalue weighted by Crippen LogP contribution is -1.89. The zero-order chi connectivity index (χ0) is 14.1. The van der Waals surface area contributed by atoms with Gasteiger partial charge in [0.15, 0.2) is 0 Å². The predicted octanol–water partition coefficient (Wildman–Crippen LogP) is 5.58. The van der Waals surface area contributed by atoms with E-state index in [0.717, 1.165) is 6.42 Å². The van der Waals surface area contributed by atoms with Crippen molar-refractivity contribution in [2.75, 3.05) is 0 Å². The van der Waals surface area contributed by atoms with Crippen LogP contribution < -0.4 is 0 Å². The van der Waals surface area contributed by atoms with E-state index in [1.165, 1.54) is 32.7 Å². The topological polar surface area (TPSA) is 0 Å². The molecule has 0 amide bonds. The molecule has 0 aliphatic carbocycles. The molecule has 4 rings (SSSR count). The molecule has 0 N–H and O–H groups in total. The maximum Gasteiger partial charge on any atom is -0.00196 e. The first kappa shape index (κ1) is 12.2. The summed E-state index contributed by atoms with van der Waals surface area (Å²) in [6, 6.07) is 30.5. The van der Waals surface area contributed by atoms with Crippen LogP contribution in [0.1, 0.15) is 11.1 Å². The molecule has 0 aliphatic rings. The summed E-state index contributed by atoms with van der Waals surface area (Å²) in [4.78, 5) is 0. The van der Waals surface area contributed by atoms with E-state index in [0.29, 0.717) is 0 Å². The van der Waals surface area contributed by atoms with Crippen molar-refractivity contribution < 1.29 is 0 Å². The third-order valence-corrected chi connectivity index (χ3v) is 4.07. The van der Waals surface area contributed by atoms with Gasteiger partial charge in [-0.15, -0.1) is 0 Å². The molecule has 0 bridgehead atoms. The molecule has 0 aliphatic heterocycles. The largest absolute Gasteiger partial charge is 0.0622 e. The van der Waals surface area contributed by atoms with Gasteiger partial charge in [0.1, 0.15) is 0 Å². The van der Waals surface area contributed by atoms with Crippen molar-refractivity contribution in [2.24, 2.45) is 0 Å². The second kappa shape index (κ2) is 5.06. The number of benzene rings is 4. The summed E-state index contributed by atoms with van der Waals surface area (Å²) in [5.41, 5.74) is 2.75. The van der Waals surface area contributed by atoms with Crippen molar-refractivity contribution in [3.63, 3.8) is 0 Å². The van der Waals surface area contributed by atoms with Crippen LogP contribution in [-0.4, -0.2) is 0 Å². The van der Waals surface area contributed by atoms with Crippen molar-refractivity contribution in [1.82, 2.24) is 0 Å². The van der Waals surface area contributed by atoms with Crippen LogP contribution in [0, 0.1) is 0 Å². The molecule has 0 fully saturated rings. The highest BCUT2D eigenvalue weighted by Gasteiger charge is 2.04. The molecule has 0 heteroatoms. The number of rotatable bonds is 2. The van der Waals surface area contributed by atoms with Crippen LogP contribution in [0.25, 0.3) is 21.5 Å². The van der Waals surface area contributed by atoms with Crippen LogP contribution >= 0.6 is 0 Å². The van der Waals surface area contributed by atoms with Gasteiger partial charge < -0.3 is 0 Å². The molecular weight excluding hydrogens is 252 g/mol. The Morgan fingerprint density at radius 1 is 0.524 bits per heavy atom. The molecule has 0 heterocycles. The highest BCUT2D eigenvalue weighted by atomic mass is 14.1. The normalized spacial score (nSPS) is 11.0. The number of fused-ring (bicyclic) bond motifs is 2. The van der Waals surface area contributed by atoms with Gasteiger partial charge in [-0.25, -0.2) is 0 Å². The molecule has 0 nitrogen and oxygen atoms in total. The molecule has 0 saturated heterocycles. The molecule has 4 aromatic rings. The van der Waals surface area contributed by atoms with Gasteiger partial charge in [-0.3, -0.25) is 0 Å². The van der Waals surface area contributed by atoms with Crippen molar-refractivity contribution in [3.05, 3.63) is 96.1 Å². The van der Waals surface area contributed by atoms with Gasteiger partial charge in [0.05, 0.1) is 0 Å². The van der Waals surface area contributed by atoms with Crippen LogP contribution in [0.3, 0.4) is 0 Å². The third-order valence-electron chi connectivity index (χ3n) is 4.07. The second-order valence-corrected chi connectivity index (χ2v) is 5.50. The summed E-state index contributed by atoms with van der Waals surface area (Å²) in [6.45, 7) is 0. The fourth-order valence-electron chi connectivity index (χ4n) is 3.00. The summed E-state index contributed by atoms with van der Waals surface area (Å²) in [5, 5.41) is 5.30. The SMILES string of the molecule is c1ccc(Cc2cccc3cc4ccccc4cc23)cc1. The predicted molar refractivity (Wildman–Crippen MR) is 90.7 cm³/mol. The molecule has 0 aromatic heterocycles. The molecule has 0 spiro atoms. The highest BCUT2D eigenvalue weighted by Crippen LogP contribution is 2.26. The van der Waals surface area contributed by atoms with Crippen LogP contribution in [-0.2, 0) is 6.42 Å². The van der Waals surface area contributed by atoms with Crippen LogP contribution in [0.2, 0.25) is 0 Å². The van der Waals surface area contributed by atoms with Gasteiger partial charge in [0.2, 0.25) is 0 Å². The highest BCUT2D eigenvalue weighted by molar-refractivity contribution is 5.99. The van der Waals surface area contributed by atoms with Crippen LogP contribution in [0.4, 0.5) is 0 Å². The Morgan fingerprint density at radius 2 is 1.19 bits per heavy atom. The minimum atomic E-state index is 0.983. The second-order valence-electron chi connectivity index (χ2n) is 5.50. The smallest absolute Gasteiger partial charge is 0.00196 e. The lowest BCUT2D eigenvalue weighted by molar-refractivity contribution is 1.21. The summed E-state index contributed by atoms with van der Waals surface area (Å²) >= 11 is 0. The molecular formula is C21H16. The van der Waals surface area contributed by atoms with Crippen LogP contribution in [0.15, 0.2) is 84.9 Å². The van der Waals surface area contributed by atoms with E-state index < -0.39 is 0 Å². The van der Waals surface area contributed by atoms with E-state index in [2.05, 4.69) is 84.9 Å². The zero-order valence-corrected chi connectivity index (χ0v) is 11.8. The Balaban J connectivity index is 1.90. The van der Waals surface area contributed by atoms with E-state index in [1.54, 1.807) is 0 Å². The fraction of sp³-hybridized carbons (Fsp3) is 0.0476. The summed E-state index contributed by atoms with van der Waals surface area (Å²) in [6.07, 6.45) is 0.983. The Bertz CT molecular complexity index is 905. The molecule has 4 aromatic carbocycles. The first-order valence-electron chi connectivity index (χ1n) is 7.34. The first-order chi connectivity index (χ1) is 10.4. The third kappa shape index (κ3) is 2.30.